The van der Waals surface area contributed by atoms with E-state index in [1.807, 2.05) is 23.5 Å². The summed E-state index contributed by atoms with van der Waals surface area (Å²) >= 11 is 1.93. The van der Waals surface area contributed by atoms with Crippen molar-refractivity contribution in [2.45, 2.75) is 44.6 Å². The number of nitrogens with zero attached hydrogens (tertiary/aromatic N) is 1. The van der Waals surface area contributed by atoms with Gasteiger partial charge in [-0.25, -0.2) is 4.39 Å². The minimum absolute atomic E-state index is 0.176. The number of aryl methyl sites for hydroxylation is 1. The van der Waals surface area contributed by atoms with Crippen LogP contribution < -0.4 is 0 Å². The van der Waals surface area contributed by atoms with Gasteiger partial charge in [0.15, 0.2) is 0 Å². The summed E-state index contributed by atoms with van der Waals surface area (Å²) in [6.07, 6.45) is 5.34. The van der Waals surface area contributed by atoms with Gasteiger partial charge < -0.3 is 4.90 Å². The van der Waals surface area contributed by atoms with Crippen molar-refractivity contribution in [3.8, 4) is 11.1 Å². The van der Waals surface area contributed by atoms with Crippen LogP contribution in [0.3, 0.4) is 0 Å². The van der Waals surface area contributed by atoms with Gasteiger partial charge in [-0.2, -0.15) is 0 Å². The zero-order chi connectivity index (χ0) is 17.7. The molecule has 26 heavy (non-hydrogen) atoms. The van der Waals surface area contributed by atoms with Gasteiger partial charge in [0, 0.05) is 15.6 Å². The molecular weight excluding hydrogens is 341 g/mol. The molecule has 2 unspecified atom stereocenters. The van der Waals surface area contributed by atoms with Crippen molar-refractivity contribution in [2.75, 3.05) is 13.1 Å². The van der Waals surface area contributed by atoms with Gasteiger partial charge in [-0.05, 0) is 98.0 Å². The van der Waals surface area contributed by atoms with Crippen LogP contribution in [0.4, 0.5) is 4.39 Å². The second-order valence-electron chi connectivity index (χ2n) is 7.84. The number of hydrogen-bond acceptors (Lipinski definition) is 2. The maximum absolute atomic E-state index is 13.3. The Labute approximate surface area is 158 Å². The lowest BCUT2D eigenvalue weighted by Crippen LogP contribution is -2.37. The minimum Gasteiger partial charge on any atom is -0.300 e. The number of halogens is 1. The third-order valence-electron chi connectivity index (χ3n) is 6.32. The van der Waals surface area contributed by atoms with Crippen molar-refractivity contribution >= 4 is 21.4 Å². The summed E-state index contributed by atoms with van der Waals surface area (Å²) in [4.78, 5) is 4.18. The third-order valence-corrected chi connectivity index (χ3v) is 7.42. The zero-order valence-corrected chi connectivity index (χ0v) is 16.0. The van der Waals surface area contributed by atoms with E-state index in [-0.39, 0.29) is 5.82 Å². The Bertz CT molecular complexity index is 943. The monoisotopic (exact) mass is 365 g/mol. The smallest absolute Gasteiger partial charge is 0.123 e. The molecule has 5 rings (SSSR count). The first-order valence-electron chi connectivity index (χ1n) is 9.72. The Hall–Kier alpha value is -1.71. The SMILES string of the molecule is Cc1sc2ccc(-c3ccc(F)cc3)cc2c1C1CCN2CCCC2C1. The van der Waals surface area contributed by atoms with E-state index in [0.29, 0.717) is 5.92 Å². The first-order valence-corrected chi connectivity index (χ1v) is 10.5. The predicted octanol–water partition coefficient (Wildman–Crippen LogP) is 6.36. The summed E-state index contributed by atoms with van der Waals surface area (Å²) in [5.74, 6) is 0.511. The van der Waals surface area contributed by atoms with Gasteiger partial charge in [0.2, 0.25) is 0 Å². The fourth-order valence-electron chi connectivity index (χ4n) is 5.05. The van der Waals surface area contributed by atoms with Gasteiger partial charge in [0.05, 0.1) is 0 Å². The van der Waals surface area contributed by atoms with Gasteiger partial charge in [-0.3, -0.25) is 0 Å². The Morgan fingerprint density at radius 3 is 2.65 bits per heavy atom. The number of fused-ring (bicyclic) bond motifs is 2. The summed E-state index contributed by atoms with van der Waals surface area (Å²) < 4.78 is 14.7. The van der Waals surface area contributed by atoms with Gasteiger partial charge in [0.1, 0.15) is 5.82 Å². The van der Waals surface area contributed by atoms with Crippen LogP contribution in [-0.2, 0) is 0 Å². The average molecular weight is 366 g/mol. The van der Waals surface area contributed by atoms with Crippen LogP contribution in [0.1, 0.15) is 42.0 Å². The summed E-state index contributed by atoms with van der Waals surface area (Å²) in [5.41, 5.74) is 3.86. The van der Waals surface area contributed by atoms with E-state index in [4.69, 9.17) is 0 Å². The molecule has 1 aromatic heterocycles. The lowest BCUT2D eigenvalue weighted by Gasteiger charge is -2.35. The molecule has 3 heteroatoms. The van der Waals surface area contributed by atoms with Crippen LogP contribution in [0.5, 0.6) is 0 Å². The Morgan fingerprint density at radius 1 is 1.00 bits per heavy atom. The lowest BCUT2D eigenvalue weighted by atomic mass is 9.84. The zero-order valence-electron chi connectivity index (χ0n) is 15.2. The van der Waals surface area contributed by atoms with Crippen LogP contribution >= 0.6 is 11.3 Å². The molecule has 134 valence electrons. The summed E-state index contributed by atoms with van der Waals surface area (Å²) in [5, 5.41) is 1.42. The molecule has 0 spiro atoms. The fourth-order valence-corrected chi connectivity index (χ4v) is 6.19. The highest BCUT2D eigenvalue weighted by atomic mass is 32.1. The van der Waals surface area contributed by atoms with E-state index in [2.05, 4.69) is 30.0 Å². The van der Waals surface area contributed by atoms with Crippen LogP contribution in [-0.4, -0.2) is 24.0 Å². The molecule has 2 atom stereocenters. The lowest BCUT2D eigenvalue weighted by molar-refractivity contribution is 0.181. The fraction of sp³-hybridized carbons (Fsp3) is 0.391. The summed E-state index contributed by atoms with van der Waals surface area (Å²) in [6, 6.07) is 14.4. The highest BCUT2D eigenvalue weighted by Gasteiger charge is 2.33. The number of thiophene rings is 1. The molecule has 2 aliphatic heterocycles. The van der Waals surface area contributed by atoms with E-state index < -0.39 is 0 Å². The Balaban J connectivity index is 1.55. The van der Waals surface area contributed by atoms with Crippen molar-refractivity contribution in [1.82, 2.24) is 4.90 Å². The maximum atomic E-state index is 13.3. The standard InChI is InChI=1S/C23H24FNS/c1-15-23(18-10-12-25-11-2-3-20(25)13-18)21-14-17(6-9-22(21)26-15)16-4-7-19(24)8-5-16/h4-9,14,18,20H,2-3,10-13H2,1H3. The molecule has 0 N–H and O–H groups in total. The van der Waals surface area contributed by atoms with Crippen LogP contribution in [0.2, 0.25) is 0 Å². The van der Waals surface area contributed by atoms with Crippen LogP contribution in [0.15, 0.2) is 42.5 Å². The molecule has 1 nitrogen and oxygen atoms in total. The molecule has 2 aromatic carbocycles. The van der Waals surface area contributed by atoms with Gasteiger partial charge >= 0.3 is 0 Å². The quantitative estimate of drug-likeness (QED) is 0.511. The molecule has 0 saturated carbocycles. The van der Waals surface area contributed by atoms with Gasteiger partial charge in [-0.1, -0.05) is 18.2 Å². The van der Waals surface area contributed by atoms with E-state index in [9.17, 15) is 4.39 Å². The Morgan fingerprint density at radius 2 is 1.81 bits per heavy atom. The number of piperidine rings is 1. The van der Waals surface area contributed by atoms with Crippen LogP contribution in [0.25, 0.3) is 21.2 Å². The van der Waals surface area contributed by atoms with Crippen LogP contribution in [0, 0.1) is 12.7 Å². The molecule has 2 aliphatic rings. The topological polar surface area (TPSA) is 3.24 Å². The highest BCUT2D eigenvalue weighted by molar-refractivity contribution is 7.19. The minimum atomic E-state index is -0.176. The molecule has 3 heterocycles. The van der Waals surface area contributed by atoms with E-state index in [1.54, 1.807) is 17.7 Å². The molecule has 2 fully saturated rings. The molecule has 0 bridgehead atoms. The largest absolute Gasteiger partial charge is 0.300 e. The van der Waals surface area contributed by atoms with Crippen molar-refractivity contribution in [2.24, 2.45) is 0 Å². The maximum Gasteiger partial charge on any atom is 0.123 e. The molecule has 3 aromatic rings. The predicted molar refractivity (Wildman–Crippen MR) is 109 cm³/mol. The number of rotatable bonds is 2. The highest BCUT2D eigenvalue weighted by Crippen LogP contribution is 2.44. The van der Waals surface area contributed by atoms with Gasteiger partial charge in [0.25, 0.3) is 0 Å². The third kappa shape index (κ3) is 2.78. The van der Waals surface area contributed by atoms with E-state index in [1.165, 1.54) is 59.3 Å². The second-order valence-corrected chi connectivity index (χ2v) is 9.10. The second kappa shape index (κ2) is 6.47. The normalized spacial score (nSPS) is 23.5. The van der Waals surface area contributed by atoms with Crippen molar-refractivity contribution in [3.05, 3.63) is 58.7 Å². The molecule has 0 aliphatic carbocycles. The molecule has 0 radical (unpaired) electrons. The number of benzene rings is 2. The van der Waals surface area contributed by atoms with Crippen molar-refractivity contribution < 1.29 is 4.39 Å². The summed E-state index contributed by atoms with van der Waals surface area (Å²) in [6.45, 7) is 4.85. The van der Waals surface area contributed by atoms with E-state index in [0.717, 1.165) is 11.6 Å². The molecular formula is C23H24FNS. The summed E-state index contributed by atoms with van der Waals surface area (Å²) in [7, 11) is 0. The van der Waals surface area contributed by atoms with Gasteiger partial charge in [-0.15, -0.1) is 11.3 Å². The average Bonchev–Trinajstić information content (AvgIpc) is 3.24. The van der Waals surface area contributed by atoms with E-state index >= 15 is 0 Å². The molecule has 2 saturated heterocycles. The first-order chi connectivity index (χ1) is 12.7. The Kier molecular flexibility index (Phi) is 4.10. The molecule has 0 amide bonds. The van der Waals surface area contributed by atoms with Crippen molar-refractivity contribution in [3.63, 3.8) is 0 Å². The van der Waals surface area contributed by atoms with Crippen molar-refractivity contribution in [1.29, 1.82) is 0 Å². The number of hydrogen-bond donors (Lipinski definition) is 0. The first kappa shape index (κ1) is 16.5.